The van der Waals surface area contributed by atoms with Crippen molar-refractivity contribution in [2.24, 2.45) is 0 Å². The number of halogens is 4. The summed E-state index contributed by atoms with van der Waals surface area (Å²) in [5.74, 6) is -4.23. The number of rotatable bonds is 8. The summed E-state index contributed by atoms with van der Waals surface area (Å²) in [6.45, 7) is 6.31. The van der Waals surface area contributed by atoms with Crippen LogP contribution in [0.1, 0.15) is 44.1 Å². The van der Waals surface area contributed by atoms with Crippen molar-refractivity contribution in [1.29, 1.82) is 0 Å². The average molecular weight is 485 g/mol. The fraction of sp³-hybridized carbons (Fsp3) is 0.310. The van der Waals surface area contributed by atoms with Crippen molar-refractivity contribution < 1.29 is 27.0 Å². The van der Waals surface area contributed by atoms with E-state index in [1.165, 1.54) is 12.1 Å². The van der Waals surface area contributed by atoms with Crippen LogP contribution >= 0.6 is 0 Å². The summed E-state index contributed by atoms with van der Waals surface area (Å²) in [4.78, 5) is 0. The van der Waals surface area contributed by atoms with Crippen molar-refractivity contribution in [1.82, 2.24) is 0 Å². The van der Waals surface area contributed by atoms with Crippen molar-refractivity contribution in [3.05, 3.63) is 90.0 Å². The molecular weight excluding hydrogens is 456 g/mol. The topological polar surface area (TPSA) is 18.5 Å². The summed E-state index contributed by atoms with van der Waals surface area (Å²) in [6, 6.07) is 12.2. The Bertz CT molecular complexity index is 1180. The molecule has 6 heteroatoms. The normalized spacial score (nSPS) is 17.9. The van der Waals surface area contributed by atoms with Crippen molar-refractivity contribution in [2.45, 2.75) is 44.6 Å². The van der Waals surface area contributed by atoms with Gasteiger partial charge in [0.25, 0.3) is 0 Å². The van der Waals surface area contributed by atoms with E-state index in [4.69, 9.17) is 9.47 Å². The summed E-state index contributed by atoms with van der Waals surface area (Å²) in [5, 5.41) is 0. The molecule has 0 bridgehead atoms. The first-order valence-corrected chi connectivity index (χ1v) is 11.9. The molecule has 1 fully saturated rings. The number of benzene rings is 3. The predicted molar refractivity (Wildman–Crippen MR) is 129 cm³/mol. The molecule has 184 valence electrons. The van der Waals surface area contributed by atoms with Crippen LogP contribution in [0.2, 0.25) is 0 Å². The standard InChI is InChI=1S/C29H28F4O2/c1-3-5-16-34-25-15-14-23(28(32)29(25)33)19-8-6-18(7-9-19)22-12-13-24(27(31)26(22)30)20-10-11-21(4-2)35-17-20/h4,6-9,12-15,20-21H,2-3,5,10-11,16-17H2,1H3. The molecule has 0 N–H and O–H groups in total. The zero-order valence-corrected chi connectivity index (χ0v) is 19.6. The van der Waals surface area contributed by atoms with Gasteiger partial charge >= 0.3 is 0 Å². The third-order valence-corrected chi connectivity index (χ3v) is 6.44. The van der Waals surface area contributed by atoms with Gasteiger partial charge in [-0.15, -0.1) is 6.58 Å². The highest BCUT2D eigenvalue weighted by Gasteiger charge is 2.26. The lowest BCUT2D eigenvalue weighted by Crippen LogP contribution is -2.23. The molecule has 4 rings (SSSR count). The third-order valence-electron chi connectivity index (χ3n) is 6.44. The van der Waals surface area contributed by atoms with Crippen molar-refractivity contribution in [3.8, 4) is 28.0 Å². The fourth-order valence-electron chi connectivity index (χ4n) is 4.33. The van der Waals surface area contributed by atoms with E-state index in [-0.39, 0.29) is 28.9 Å². The lowest BCUT2D eigenvalue weighted by molar-refractivity contribution is 0.0320. The fourth-order valence-corrected chi connectivity index (χ4v) is 4.33. The van der Waals surface area contributed by atoms with E-state index in [0.717, 1.165) is 12.8 Å². The second-order valence-corrected chi connectivity index (χ2v) is 8.73. The van der Waals surface area contributed by atoms with Gasteiger partial charge in [0.05, 0.1) is 19.3 Å². The largest absolute Gasteiger partial charge is 0.490 e. The Morgan fingerprint density at radius 3 is 2.06 bits per heavy atom. The van der Waals surface area contributed by atoms with Crippen LogP contribution in [0.15, 0.2) is 61.2 Å². The molecule has 0 radical (unpaired) electrons. The van der Waals surface area contributed by atoms with E-state index in [9.17, 15) is 13.2 Å². The first kappa shape index (κ1) is 25.0. The molecule has 2 atom stereocenters. The highest BCUT2D eigenvalue weighted by atomic mass is 19.2. The van der Waals surface area contributed by atoms with E-state index in [1.54, 1.807) is 42.5 Å². The van der Waals surface area contributed by atoms with Gasteiger partial charge in [-0.25, -0.2) is 13.2 Å². The van der Waals surface area contributed by atoms with Gasteiger partial charge in [0, 0.05) is 17.0 Å². The second kappa shape index (κ2) is 11.1. The summed E-state index contributed by atoms with van der Waals surface area (Å²) in [5.41, 5.74) is 1.31. The minimum absolute atomic E-state index is 0.0555. The lowest BCUT2D eigenvalue weighted by atomic mass is 9.89. The first-order valence-electron chi connectivity index (χ1n) is 11.9. The Morgan fingerprint density at radius 2 is 1.49 bits per heavy atom. The van der Waals surface area contributed by atoms with E-state index in [1.807, 2.05) is 6.92 Å². The Hall–Kier alpha value is -3.12. The van der Waals surface area contributed by atoms with Crippen LogP contribution in [-0.4, -0.2) is 19.3 Å². The molecule has 0 aromatic heterocycles. The van der Waals surface area contributed by atoms with E-state index in [0.29, 0.717) is 42.7 Å². The van der Waals surface area contributed by atoms with Gasteiger partial charge in [-0.1, -0.05) is 55.8 Å². The summed E-state index contributed by atoms with van der Waals surface area (Å²) in [7, 11) is 0. The van der Waals surface area contributed by atoms with Gasteiger partial charge in [0.1, 0.15) is 0 Å². The monoisotopic (exact) mass is 484 g/mol. The number of ether oxygens (including phenoxy) is 2. The number of hydrogen-bond donors (Lipinski definition) is 0. The van der Waals surface area contributed by atoms with E-state index < -0.39 is 23.3 Å². The molecule has 2 unspecified atom stereocenters. The van der Waals surface area contributed by atoms with Crippen LogP contribution in [0.4, 0.5) is 17.6 Å². The first-order chi connectivity index (χ1) is 16.9. The molecule has 2 nitrogen and oxygen atoms in total. The molecular formula is C29H28F4O2. The van der Waals surface area contributed by atoms with Gasteiger partial charge in [-0.05, 0) is 48.1 Å². The molecule has 0 saturated carbocycles. The molecule has 1 saturated heterocycles. The zero-order valence-electron chi connectivity index (χ0n) is 19.6. The van der Waals surface area contributed by atoms with Gasteiger partial charge in [0.2, 0.25) is 5.82 Å². The molecule has 0 spiro atoms. The maximum Gasteiger partial charge on any atom is 0.201 e. The van der Waals surface area contributed by atoms with Gasteiger partial charge in [-0.3, -0.25) is 0 Å². The molecule has 0 aliphatic carbocycles. The molecule has 1 heterocycles. The Labute approximate surface area is 203 Å². The van der Waals surface area contributed by atoms with Crippen LogP contribution in [0.3, 0.4) is 0 Å². The van der Waals surface area contributed by atoms with Gasteiger partial charge in [0.15, 0.2) is 23.2 Å². The molecule has 3 aromatic carbocycles. The lowest BCUT2D eigenvalue weighted by Gasteiger charge is -2.28. The molecule has 0 amide bonds. The molecule has 1 aliphatic heterocycles. The van der Waals surface area contributed by atoms with E-state index in [2.05, 4.69) is 6.58 Å². The van der Waals surface area contributed by atoms with Gasteiger partial charge in [-0.2, -0.15) is 4.39 Å². The molecule has 35 heavy (non-hydrogen) atoms. The van der Waals surface area contributed by atoms with Crippen molar-refractivity contribution in [2.75, 3.05) is 13.2 Å². The summed E-state index contributed by atoms with van der Waals surface area (Å²) >= 11 is 0. The van der Waals surface area contributed by atoms with Crippen LogP contribution < -0.4 is 4.74 Å². The molecule has 3 aromatic rings. The maximum atomic E-state index is 15.0. The van der Waals surface area contributed by atoms with Crippen LogP contribution in [0.5, 0.6) is 5.75 Å². The molecule has 1 aliphatic rings. The SMILES string of the molecule is C=CC1CCC(c2ccc(-c3ccc(-c4ccc(OCCCC)c(F)c4F)cc3)c(F)c2F)CO1. The highest BCUT2D eigenvalue weighted by molar-refractivity contribution is 5.72. The Balaban J connectivity index is 1.55. The van der Waals surface area contributed by atoms with E-state index >= 15 is 4.39 Å². The Kier molecular flexibility index (Phi) is 7.91. The highest BCUT2D eigenvalue weighted by Crippen LogP contribution is 2.36. The smallest absolute Gasteiger partial charge is 0.201 e. The Morgan fingerprint density at radius 1 is 0.857 bits per heavy atom. The average Bonchev–Trinajstić information content (AvgIpc) is 2.89. The summed E-state index contributed by atoms with van der Waals surface area (Å²) < 4.78 is 70.0. The number of hydrogen-bond acceptors (Lipinski definition) is 2. The minimum atomic E-state index is -1.04. The van der Waals surface area contributed by atoms with Crippen LogP contribution in [0.25, 0.3) is 22.3 Å². The minimum Gasteiger partial charge on any atom is -0.490 e. The van der Waals surface area contributed by atoms with Crippen LogP contribution in [-0.2, 0) is 4.74 Å². The van der Waals surface area contributed by atoms with Crippen molar-refractivity contribution >= 4 is 0 Å². The predicted octanol–water partition coefficient (Wildman–Crippen LogP) is 8.20. The van der Waals surface area contributed by atoms with Crippen LogP contribution in [0, 0.1) is 23.3 Å². The zero-order chi connectivity index (χ0) is 24.9. The van der Waals surface area contributed by atoms with Crippen molar-refractivity contribution in [3.63, 3.8) is 0 Å². The summed E-state index contributed by atoms with van der Waals surface area (Å²) in [6.07, 6.45) is 4.68. The maximum absolute atomic E-state index is 15.0. The second-order valence-electron chi connectivity index (χ2n) is 8.73. The third kappa shape index (κ3) is 5.27. The number of unbranched alkanes of at least 4 members (excludes halogenated alkanes) is 1. The van der Waals surface area contributed by atoms with Gasteiger partial charge < -0.3 is 9.47 Å². The quantitative estimate of drug-likeness (QED) is 0.182.